The second kappa shape index (κ2) is 14.7. The number of benzene rings is 9. The summed E-state index contributed by atoms with van der Waals surface area (Å²) in [5.41, 5.74) is 18.3. The van der Waals surface area contributed by atoms with Gasteiger partial charge in [-0.25, -0.2) is 0 Å². The van der Waals surface area contributed by atoms with Gasteiger partial charge in [-0.2, -0.15) is 0 Å². The number of rotatable bonds is 8. The molecule has 276 valence electrons. The van der Waals surface area contributed by atoms with E-state index in [9.17, 15) is 0 Å². The van der Waals surface area contributed by atoms with Crippen LogP contribution < -0.4 is 4.90 Å². The molecular formula is C57H43N. The Morgan fingerprint density at radius 2 is 0.690 bits per heavy atom. The molecule has 1 aliphatic carbocycles. The van der Waals surface area contributed by atoms with E-state index in [-0.39, 0.29) is 5.41 Å². The summed E-state index contributed by atoms with van der Waals surface area (Å²) in [5.74, 6) is 0. The smallest absolute Gasteiger partial charge is 0.0462 e. The molecule has 10 rings (SSSR count). The predicted molar refractivity (Wildman–Crippen MR) is 248 cm³/mol. The Bertz CT molecular complexity index is 2900. The van der Waals surface area contributed by atoms with Crippen molar-refractivity contribution in [1.29, 1.82) is 0 Å². The van der Waals surface area contributed by atoms with Crippen LogP contribution in [0.2, 0.25) is 0 Å². The van der Waals surface area contributed by atoms with Crippen molar-refractivity contribution in [3.05, 3.63) is 235 Å². The van der Waals surface area contributed by atoms with Gasteiger partial charge in [0.15, 0.2) is 0 Å². The highest BCUT2D eigenvalue weighted by atomic mass is 15.1. The van der Waals surface area contributed by atoms with E-state index in [1.54, 1.807) is 0 Å². The summed E-state index contributed by atoms with van der Waals surface area (Å²) in [4.78, 5) is 2.35. The van der Waals surface area contributed by atoms with Crippen molar-refractivity contribution < 1.29 is 0 Å². The third-order valence-electron chi connectivity index (χ3n) is 11.9. The predicted octanol–water partition coefficient (Wildman–Crippen LogP) is 15.8. The average Bonchev–Trinajstić information content (AvgIpc) is 3.57. The van der Waals surface area contributed by atoms with Gasteiger partial charge in [-0.1, -0.05) is 190 Å². The van der Waals surface area contributed by atoms with Crippen LogP contribution in [0, 0.1) is 0 Å². The van der Waals surface area contributed by atoms with E-state index >= 15 is 0 Å². The number of fused-ring (bicyclic) bond motifs is 2. The normalized spacial score (nSPS) is 12.9. The molecule has 0 atom stereocenters. The van der Waals surface area contributed by atoms with Crippen molar-refractivity contribution >= 4 is 39.5 Å². The quantitative estimate of drug-likeness (QED) is 0.150. The molecule has 0 spiro atoms. The van der Waals surface area contributed by atoms with Gasteiger partial charge in [-0.05, 0) is 126 Å². The molecule has 0 saturated carbocycles. The summed E-state index contributed by atoms with van der Waals surface area (Å²) in [7, 11) is 0. The third-order valence-corrected chi connectivity index (χ3v) is 11.9. The third kappa shape index (κ3) is 6.61. The zero-order chi connectivity index (χ0) is 39.1. The molecule has 0 aliphatic heterocycles. The number of hydrogen-bond donors (Lipinski definition) is 0. The Balaban J connectivity index is 0.936. The maximum Gasteiger partial charge on any atom is 0.0462 e. The molecule has 0 unspecified atom stereocenters. The van der Waals surface area contributed by atoms with Crippen molar-refractivity contribution in [3.63, 3.8) is 0 Å². The van der Waals surface area contributed by atoms with Crippen molar-refractivity contribution in [2.45, 2.75) is 19.3 Å². The highest BCUT2D eigenvalue weighted by Gasteiger charge is 2.33. The molecule has 0 radical (unpaired) electrons. The van der Waals surface area contributed by atoms with Crippen LogP contribution >= 0.6 is 0 Å². The van der Waals surface area contributed by atoms with Crippen molar-refractivity contribution in [3.8, 4) is 44.5 Å². The fourth-order valence-electron chi connectivity index (χ4n) is 8.67. The van der Waals surface area contributed by atoms with Gasteiger partial charge in [0.05, 0.1) is 0 Å². The van der Waals surface area contributed by atoms with Crippen LogP contribution in [-0.4, -0.2) is 0 Å². The Morgan fingerprint density at radius 3 is 1.21 bits per heavy atom. The second-order valence-electron chi connectivity index (χ2n) is 15.8. The number of nitrogens with zero attached hydrogens (tertiary/aromatic N) is 1. The molecule has 58 heavy (non-hydrogen) atoms. The van der Waals surface area contributed by atoms with Crippen molar-refractivity contribution in [1.82, 2.24) is 0 Å². The number of anilines is 3. The first-order valence-electron chi connectivity index (χ1n) is 20.2. The molecular weight excluding hydrogens is 699 g/mol. The number of allylic oxidation sites excluding steroid dienone is 1. The summed E-state index contributed by atoms with van der Waals surface area (Å²) < 4.78 is 0. The fourth-order valence-corrected chi connectivity index (χ4v) is 8.67. The SMILES string of the molecule is CC1(C)C(c2ccc(-c3ccc(N(c4ccc(-c5ccccc5)cc4)c4ccc(-c5ccc(-c6ccc7ccccc7c6)cc5)cc4)cc3)cc2)=Cc2ccccc21. The maximum atomic E-state index is 2.36. The lowest BCUT2D eigenvalue weighted by Gasteiger charge is -2.26. The zero-order valence-electron chi connectivity index (χ0n) is 32.8. The summed E-state index contributed by atoms with van der Waals surface area (Å²) in [6.45, 7) is 4.66. The molecule has 0 saturated heterocycles. The molecule has 0 aromatic heterocycles. The molecule has 0 fully saturated rings. The van der Waals surface area contributed by atoms with E-state index in [0.29, 0.717) is 0 Å². The van der Waals surface area contributed by atoms with E-state index < -0.39 is 0 Å². The van der Waals surface area contributed by atoms with E-state index in [1.807, 2.05) is 0 Å². The minimum absolute atomic E-state index is 0.0240. The van der Waals surface area contributed by atoms with Gasteiger partial charge in [-0.15, -0.1) is 0 Å². The van der Waals surface area contributed by atoms with Crippen LogP contribution in [0.25, 0.3) is 66.9 Å². The van der Waals surface area contributed by atoms with Crippen molar-refractivity contribution in [2.75, 3.05) is 4.90 Å². The van der Waals surface area contributed by atoms with E-state index in [1.165, 1.54) is 77.5 Å². The van der Waals surface area contributed by atoms with Gasteiger partial charge >= 0.3 is 0 Å². The molecule has 9 aromatic carbocycles. The van der Waals surface area contributed by atoms with Gasteiger partial charge in [0.2, 0.25) is 0 Å². The molecule has 0 heterocycles. The topological polar surface area (TPSA) is 3.24 Å². The average molecular weight is 742 g/mol. The Labute approximate surface area is 341 Å². The van der Waals surface area contributed by atoms with Crippen LogP contribution in [0.1, 0.15) is 30.5 Å². The van der Waals surface area contributed by atoms with Crippen LogP contribution in [0.5, 0.6) is 0 Å². The van der Waals surface area contributed by atoms with Gasteiger partial charge in [0.25, 0.3) is 0 Å². The largest absolute Gasteiger partial charge is 0.311 e. The second-order valence-corrected chi connectivity index (χ2v) is 15.8. The Kier molecular flexibility index (Phi) is 8.92. The van der Waals surface area contributed by atoms with Gasteiger partial charge in [0, 0.05) is 22.5 Å². The first-order chi connectivity index (χ1) is 28.5. The van der Waals surface area contributed by atoms with Crippen molar-refractivity contribution in [2.24, 2.45) is 0 Å². The van der Waals surface area contributed by atoms with Gasteiger partial charge in [-0.3, -0.25) is 0 Å². The van der Waals surface area contributed by atoms with Crippen LogP contribution in [0.4, 0.5) is 17.1 Å². The van der Waals surface area contributed by atoms with Gasteiger partial charge < -0.3 is 4.90 Å². The van der Waals surface area contributed by atoms with E-state index in [0.717, 1.165) is 17.1 Å². The summed E-state index contributed by atoms with van der Waals surface area (Å²) in [5, 5.41) is 2.52. The number of hydrogen-bond acceptors (Lipinski definition) is 1. The molecule has 0 amide bonds. The molecule has 1 nitrogen and oxygen atoms in total. The molecule has 1 aliphatic rings. The maximum absolute atomic E-state index is 2.36. The molecule has 9 aromatic rings. The summed E-state index contributed by atoms with van der Waals surface area (Å²) in [6, 6.07) is 79.4. The zero-order valence-corrected chi connectivity index (χ0v) is 32.8. The highest BCUT2D eigenvalue weighted by Crippen LogP contribution is 2.46. The monoisotopic (exact) mass is 741 g/mol. The Morgan fingerprint density at radius 1 is 0.310 bits per heavy atom. The minimum Gasteiger partial charge on any atom is -0.311 e. The Hall–Kier alpha value is -7.22. The fraction of sp³-hybridized carbons (Fsp3) is 0.0526. The van der Waals surface area contributed by atoms with Gasteiger partial charge in [0.1, 0.15) is 0 Å². The standard InChI is InChI=1S/C57H43N/c1-57(2)55-15-9-8-14-51(55)39-56(57)48-23-20-43(21-24-48)46-30-36-54(37-31-46)58(52-32-26-44(27-33-52)40-10-4-3-5-11-40)53-34-28-45(29-35-53)42-16-18-47(19-17-42)50-25-22-41-12-6-7-13-49(41)38-50/h3-39H,1-2H3. The van der Waals surface area contributed by atoms with Crippen LogP contribution in [0.15, 0.2) is 218 Å². The molecule has 0 bridgehead atoms. The lowest BCUT2D eigenvalue weighted by atomic mass is 9.78. The minimum atomic E-state index is -0.0240. The van der Waals surface area contributed by atoms with Crippen LogP contribution in [0.3, 0.4) is 0 Å². The highest BCUT2D eigenvalue weighted by molar-refractivity contribution is 5.94. The summed E-state index contributed by atoms with van der Waals surface area (Å²) in [6.07, 6.45) is 2.36. The lowest BCUT2D eigenvalue weighted by molar-refractivity contribution is 0.704. The van der Waals surface area contributed by atoms with E-state index in [4.69, 9.17) is 0 Å². The first-order valence-corrected chi connectivity index (χ1v) is 20.2. The lowest BCUT2D eigenvalue weighted by Crippen LogP contribution is -2.16. The van der Waals surface area contributed by atoms with E-state index in [2.05, 4.69) is 243 Å². The van der Waals surface area contributed by atoms with Crippen LogP contribution in [-0.2, 0) is 5.41 Å². The molecule has 0 N–H and O–H groups in total. The first kappa shape index (κ1) is 35.2. The molecule has 1 heteroatoms. The summed E-state index contributed by atoms with van der Waals surface area (Å²) >= 11 is 0.